The average molecular weight is 196 g/mol. The molecule has 2 heterocycles. The number of likely N-dealkylation sites (tertiary alicyclic amines) is 1. The molecule has 1 amide bonds. The third-order valence-electron chi connectivity index (χ3n) is 3.53. The monoisotopic (exact) mass is 196 g/mol. The first-order valence-corrected chi connectivity index (χ1v) is 5.63. The Hall–Kier alpha value is -0.570. The molecule has 0 saturated carbocycles. The fourth-order valence-electron chi connectivity index (χ4n) is 2.45. The molecule has 0 aromatic carbocycles. The molecule has 0 unspecified atom stereocenters. The molecule has 0 aliphatic carbocycles. The number of piperidine rings is 1. The molecule has 3 nitrogen and oxygen atoms in total. The molecule has 0 bridgehead atoms. The van der Waals surface area contributed by atoms with Crippen molar-refractivity contribution in [2.75, 3.05) is 19.6 Å². The van der Waals surface area contributed by atoms with E-state index in [4.69, 9.17) is 0 Å². The first-order valence-electron chi connectivity index (χ1n) is 5.63. The van der Waals surface area contributed by atoms with E-state index in [-0.39, 0.29) is 5.41 Å². The minimum atomic E-state index is -0.114. The van der Waals surface area contributed by atoms with Crippen molar-refractivity contribution < 1.29 is 4.79 Å². The maximum atomic E-state index is 12.0. The Bertz CT molecular complexity index is 231. The van der Waals surface area contributed by atoms with Gasteiger partial charge in [0, 0.05) is 24.5 Å². The van der Waals surface area contributed by atoms with Crippen LogP contribution >= 0.6 is 0 Å². The van der Waals surface area contributed by atoms with Gasteiger partial charge in [-0.15, -0.1) is 0 Å². The van der Waals surface area contributed by atoms with Crippen LogP contribution in [0.25, 0.3) is 0 Å². The van der Waals surface area contributed by atoms with E-state index in [1.165, 1.54) is 12.8 Å². The van der Waals surface area contributed by atoms with Gasteiger partial charge in [0.15, 0.2) is 0 Å². The molecule has 2 fully saturated rings. The molecule has 0 radical (unpaired) electrons. The lowest BCUT2D eigenvalue weighted by Gasteiger charge is -2.32. The summed E-state index contributed by atoms with van der Waals surface area (Å²) in [5, 5.41) is 3.37. The molecule has 2 aliphatic heterocycles. The summed E-state index contributed by atoms with van der Waals surface area (Å²) in [7, 11) is 0. The van der Waals surface area contributed by atoms with Gasteiger partial charge < -0.3 is 10.2 Å². The fraction of sp³-hybridized carbons (Fsp3) is 0.909. The highest BCUT2D eigenvalue weighted by atomic mass is 16.2. The number of carbonyl (C=O) groups excluding carboxylic acids is 1. The minimum absolute atomic E-state index is 0.114. The van der Waals surface area contributed by atoms with E-state index in [1.807, 2.05) is 0 Å². The number of amides is 1. The van der Waals surface area contributed by atoms with Gasteiger partial charge in [-0.3, -0.25) is 4.79 Å². The van der Waals surface area contributed by atoms with Gasteiger partial charge >= 0.3 is 0 Å². The molecule has 2 rings (SSSR count). The van der Waals surface area contributed by atoms with Gasteiger partial charge in [0.2, 0.25) is 5.91 Å². The predicted molar refractivity (Wildman–Crippen MR) is 56.0 cm³/mol. The Morgan fingerprint density at radius 1 is 1.50 bits per heavy atom. The van der Waals surface area contributed by atoms with Crippen LogP contribution in [0.15, 0.2) is 0 Å². The molecule has 2 saturated heterocycles. The zero-order valence-electron chi connectivity index (χ0n) is 9.18. The van der Waals surface area contributed by atoms with Gasteiger partial charge in [0.05, 0.1) is 0 Å². The zero-order valence-corrected chi connectivity index (χ0v) is 9.18. The first-order chi connectivity index (χ1) is 6.61. The maximum absolute atomic E-state index is 12.0. The van der Waals surface area contributed by atoms with Gasteiger partial charge in [-0.1, -0.05) is 13.8 Å². The summed E-state index contributed by atoms with van der Waals surface area (Å²) in [6.07, 6.45) is 3.39. The second-order valence-electron chi connectivity index (χ2n) is 5.13. The smallest absolute Gasteiger partial charge is 0.228 e. The Kier molecular flexibility index (Phi) is 2.52. The molecule has 80 valence electrons. The first kappa shape index (κ1) is 9.97. The molecule has 1 atom stereocenters. The minimum Gasteiger partial charge on any atom is -0.338 e. The van der Waals surface area contributed by atoms with Crippen LogP contribution in [0.5, 0.6) is 0 Å². The Labute approximate surface area is 85.8 Å². The third-order valence-corrected chi connectivity index (χ3v) is 3.53. The van der Waals surface area contributed by atoms with E-state index in [0.29, 0.717) is 11.9 Å². The van der Waals surface area contributed by atoms with Gasteiger partial charge in [-0.2, -0.15) is 0 Å². The molecule has 0 aromatic rings. The second kappa shape index (κ2) is 3.54. The molecule has 0 aromatic heterocycles. The number of nitrogens with one attached hydrogen (secondary N) is 1. The lowest BCUT2D eigenvalue weighted by molar-refractivity contribution is -0.136. The van der Waals surface area contributed by atoms with E-state index in [1.54, 1.807) is 0 Å². The van der Waals surface area contributed by atoms with Crippen molar-refractivity contribution in [2.45, 2.75) is 39.2 Å². The molecular weight excluding hydrogens is 176 g/mol. The topological polar surface area (TPSA) is 32.3 Å². The molecule has 0 spiro atoms. The number of carbonyl (C=O) groups is 1. The normalized spacial score (nSPS) is 32.3. The largest absolute Gasteiger partial charge is 0.338 e. The van der Waals surface area contributed by atoms with Crippen LogP contribution in [0.4, 0.5) is 0 Å². The second-order valence-corrected chi connectivity index (χ2v) is 5.13. The molecule has 3 heteroatoms. The highest BCUT2D eigenvalue weighted by Crippen LogP contribution is 2.32. The Morgan fingerprint density at radius 2 is 2.29 bits per heavy atom. The van der Waals surface area contributed by atoms with Crippen molar-refractivity contribution in [2.24, 2.45) is 5.41 Å². The van der Waals surface area contributed by atoms with Crippen LogP contribution in [-0.4, -0.2) is 36.5 Å². The lowest BCUT2D eigenvalue weighted by Crippen LogP contribution is -2.47. The van der Waals surface area contributed by atoms with Crippen molar-refractivity contribution in [3.05, 3.63) is 0 Å². The van der Waals surface area contributed by atoms with Gasteiger partial charge in [-0.25, -0.2) is 0 Å². The van der Waals surface area contributed by atoms with Crippen LogP contribution in [0, 0.1) is 5.41 Å². The molecular formula is C11H20N2O. The van der Waals surface area contributed by atoms with Crippen LogP contribution in [0.3, 0.4) is 0 Å². The van der Waals surface area contributed by atoms with Crippen molar-refractivity contribution in [1.82, 2.24) is 10.2 Å². The van der Waals surface area contributed by atoms with Gasteiger partial charge in [0.1, 0.15) is 0 Å². The van der Waals surface area contributed by atoms with Gasteiger partial charge in [-0.05, 0) is 25.8 Å². The highest BCUT2D eigenvalue weighted by molar-refractivity contribution is 5.84. The van der Waals surface area contributed by atoms with Crippen molar-refractivity contribution in [3.8, 4) is 0 Å². The molecule has 1 N–H and O–H groups in total. The van der Waals surface area contributed by atoms with E-state index in [9.17, 15) is 4.79 Å². The standard InChI is InChI=1S/C11H20N2O/c1-11(2)5-7-13(10(11)14)9-4-3-6-12-8-9/h9,12H,3-8H2,1-2H3/t9-/m0/s1. The highest BCUT2D eigenvalue weighted by Gasteiger charge is 2.41. The molecule has 14 heavy (non-hydrogen) atoms. The van der Waals surface area contributed by atoms with Gasteiger partial charge in [0.25, 0.3) is 0 Å². The quantitative estimate of drug-likeness (QED) is 0.678. The number of hydrogen-bond donors (Lipinski definition) is 1. The zero-order chi connectivity index (χ0) is 10.2. The summed E-state index contributed by atoms with van der Waals surface area (Å²) < 4.78 is 0. The summed E-state index contributed by atoms with van der Waals surface area (Å²) in [6, 6.07) is 0.457. The van der Waals surface area contributed by atoms with Crippen LogP contribution in [-0.2, 0) is 4.79 Å². The van der Waals surface area contributed by atoms with E-state index < -0.39 is 0 Å². The van der Waals surface area contributed by atoms with Crippen molar-refractivity contribution in [1.29, 1.82) is 0 Å². The fourth-order valence-corrected chi connectivity index (χ4v) is 2.45. The van der Waals surface area contributed by atoms with Crippen LogP contribution in [0.1, 0.15) is 33.1 Å². The SMILES string of the molecule is CC1(C)CCN([C@H]2CCCNC2)C1=O. The lowest BCUT2D eigenvalue weighted by atomic mass is 9.92. The number of rotatable bonds is 1. The average Bonchev–Trinajstić information content (AvgIpc) is 2.44. The Morgan fingerprint density at radius 3 is 2.79 bits per heavy atom. The van der Waals surface area contributed by atoms with Crippen LogP contribution in [0.2, 0.25) is 0 Å². The molecule has 2 aliphatic rings. The number of hydrogen-bond acceptors (Lipinski definition) is 2. The summed E-state index contributed by atoms with van der Waals surface area (Å²) in [4.78, 5) is 14.1. The third kappa shape index (κ3) is 1.65. The predicted octanol–water partition coefficient (Wildman–Crippen LogP) is 0.997. The summed E-state index contributed by atoms with van der Waals surface area (Å²) in [5.41, 5.74) is -0.114. The van der Waals surface area contributed by atoms with Crippen LogP contribution < -0.4 is 5.32 Å². The van der Waals surface area contributed by atoms with E-state index in [2.05, 4.69) is 24.1 Å². The van der Waals surface area contributed by atoms with Crippen molar-refractivity contribution in [3.63, 3.8) is 0 Å². The van der Waals surface area contributed by atoms with E-state index >= 15 is 0 Å². The number of nitrogens with zero attached hydrogens (tertiary/aromatic N) is 1. The maximum Gasteiger partial charge on any atom is 0.228 e. The Balaban J connectivity index is 2.02. The van der Waals surface area contributed by atoms with Crippen molar-refractivity contribution >= 4 is 5.91 Å². The van der Waals surface area contributed by atoms with E-state index in [0.717, 1.165) is 26.1 Å². The summed E-state index contributed by atoms with van der Waals surface area (Å²) in [5.74, 6) is 0.353. The summed E-state index contributed by atoms with van der Waals surface area (Å²) in [6.45, 7) is 7.18. The summed E-state index contributed by atoms with van der Waals surface area (Å²) >= 11 is 0.